The summed E-state index contributed by atoms with van der Waals surface area (Å²) in [7, 11) is 1.64. The number of nitrogens with zero attached hydrogens (tertiary/aromatic N) is 1. The standard InChI is InChI=1S/C12H24N2O3/c1-10-4-8-17-11(10)12(15)14(6-3-5-13)7-9-16-2/h10-11H,3-9,13H2,1-2H3. The Morgan fingerprint density at radius 1 is 1.53 bits per heavy atom. The van der Waals surface area contributed by atoms with Gasteiger partial charge >= 0.3 is 0 Å². The van der Waals surface area contributed by atoms with Crippen LogP contribution in [0.2, 0.25) is 0 Å². The molecule has 1 amide bonds. The van der Waals surface area contributed by atoms with Crippen molar-refractivity contribution in [3.63, 3.8) is 0 Å². The Hall–Kier alpha value is -0.650. The number of hydrogen-bond acceptors (Lipinski definition) is 4. The van der Waals surface area contributed by atoms with Crippen molar-refractivity contribution in [2.75, 3.05) is 40.0 Å². The van der Waals surface area contributed by atoms with E-state index in [4.69, 9.17) is 15.2 Å². The molecule has 0 saturated carbocycles. The van der Waals surface area contributed by atoms with Gasteiger partial charge in [-0.1, -0.05) is 6.92 Å². The van der Waals surface area contributed by atoms with Gasteiger partial charge in [-0.3, -0.25) is 4.79 Å². The zero-order valence-corrected chi connectivity index (χ0v) is 10.9. The number of carbonyl (C=O) groups is 1. The van der Waals surface area contributed by atoms with E-state index in [2.05, 4.69) is 6.92 Å². The van der Waals surface area contributed by atoms with Gasteiger partial charge in [-0.25, -0.2) is 0 Å². The van der Waals surface area contributed by atoms with Crippen LogP contribution in [-0.4, -0.2) is 56.9 Å². The summed E-state index contributed by atoms with van der Waals surface area (Å²) in [6.45, 7) is 5.20. The molecule has 5 nitrogen and oxygen atoms in total. The zero-order chi connectivity index (χ0) is 12.7. The first kappa shape index (κ1) is 14.4. The van der Waals surface area contributed by atoms with Gasteiger partial charge in [-0.15, -0.1) is 0 Å². The molecule has 2 unspecified atom stereocenters. The van der Waals surface area contributed by atoms with E-state index in [1.807, 2.05) is 4.90 Å². The lowest BCUT2D eigenvalue weighted by Gasteiger charge is -2.26. The summed E-state index contributed by atoms with van der Waals surface area (Å²) in [6.07, 6.45) is 1.51. The van der Waals surface area contributed by atoms with Crippen LogP contribution in [0.25, 0.3) is 0 Å². The Morgan fingerprint density at radius 2 is 2.29 bits per heavy atom. The van der Waals surface area contributed by atoms with Crippen molar-refractivity contribution in [2.45, 2.75) is 25.9 Å². The summed E-state index contributed by atoms with van der Waals surface area (Å²) < 4.78 is 10.5. The highest BCUT2D eigenvalue weighted by Crippen LogP contribution is 2.21. The van der Waals surface area contributed by atoms with Crippen molar-refractivity contribution in [1.82, 2.24) is 4.90 Å². The SMILES string of the molecule is COCCN(CCCN)C(=O)C1OCCC1C. The first-order chi connectivity index (χ1) is 8.20. The van der Waals surface area contributed by atoms with E-state index in [0.717, 1.165) is 12.8 Å². The molecule has 1 fully saturated rings. The fraction of sp³-hybridized carbons (Fsp3) is 0.917. The quantitative estimate of drug-likeness (QED) is 0.696. The molecule has 0 aliphatic carbocycles. The van der Waals surface area contributed by atoms with Crippen LogP contribution in [0.15, 0.2) is 0 Å². The molecule has 0 aromatic carbocycles. The first-order valence-electron chi connectivity index (χ1n) is 6.30. The molecule has 5 heteroatoms. The van der Waals surface area contributed by atoms with Crippen LogP contribution in [0.1, 0.15) is 19.8 Å². The molecule has 0 spiro atoms. The third kappa shape index (κ3) is 4.26. The van der Waals surface area contributed by atoms with Crippen LogP contribution in [0.4, 0.5) is 0 Å². The van der Waals surface area contributed by atoms with Crippen molar-refractivity contribution in [2.24, 2.45) is 11.7 Å². The number of amides is 1. The van der Waals surface area contributed by atoms with E-state index in [1.54, 1.807) is 7.11 Å². The number of hydrogen-bond donors (Lipinski definition) is 1. The summed E-state index contributed by atoms with van der Waals surface area (Å²) in [6, 6.07) is 0. The summed E-state index contributed by atoms with van der Waals surface area (Å²) in [5, 5.41) is 0. The normalized spacial score (nSPS) is 23.9. The van der Waals surface area contributed by atoms with Gasteiger partial charge < -0.3 is 20.1 Å². The van der Waals surface area contributed by atoms with Gasteiger partial charge in [0.25, 0.3) is 5.91 Å². The Balaban J connectivity index is 2.51. The second-order valence-corrected chi connectivity index (χ2v) is 4.52. The second-order valence-electron chi connectivity index (χ2n) is 4.52. The Kier molecular flexibility index (Phi) is 6.47. The maximum Gasteiger partial charge on any atom is 0.252 e. The predicted molar refractivity (Wildman–Crippen MR) is 65.6 cm³/mol. The van der Waals surface area contributed by atoms with Gasteiger partial charge in [0.15, 0.2) is 0 Å². The molecule has 1 saturated heterocycles. The maximum atomic E-state index is 12.3. The van der Waals surface area contributed by atoms with Gasteiger partial charge in [0.1, 0.15) is 6.10 Å². The molecule has 100 valence electrons. The van der Waals surface area contributed by atoms with Crippen LogP contribution in [0.5, 0.6) is 0 Å². The summed E-state index contributed by atoms with van der Waals surface area (Å²) >= 11 is 0. The van der Waals surface area contributed by atoms with Crippen molar-refractivity contribution >= 4 is 5.91 Å². The lowest BCUT2D eigenvalue weighted by Crippen LogP contribution is -2.43. The number of nitrogens with two attached hydrogens (primary N) is 1. The van der Waals surface area contributed by atoms with Crippen molar-refractivity contribution in [1.29, 1.82) is 0 Å². The fourth-order valence-electron chi connectivity index (χ4n) is 2.01. The van der Waals surface area contributed by atoms with E-state index in [-0.39, 0.29) is 12.0 Å². The molecule has 0 radical (unpaired) electrons. The number of carbonyl (C=O) groups excluding carboxylic acids is 1. The summed E-state index contributed by atoms with van der Waals surface area (Å²) in [5.74, 6) is 0.394. The van der Waals surface area contributed by atoms with E-state index in [9.17, 15) is 4.79 Å². The van der Waals surface area contributed by atoms with Gasteiger partial charge in [0, 0.05) is 26.8 Å². The van der Waals surface area contributed by atoms with Crippen LogP contribution in [-0.2, 0) is 14.3 Å². The van der Waals surface area contributed by atoms with Crippen LogP contribution >= 0.6 is 0 Å². The fourth-order valence-corrected chi connectivity index (χ4v) is 2.01. The molecule has 0 aromatic rings. The number of methoxy groups -OCH3 is 1. The van der Waals surface area contributed by atoms with Crippen molar-refractivity contribution in [3.05, 3.63) is 0 Å². The van der Waals surface area contributed by atoms with Gasteiger partial charge in [-0.05, 0) is 25.3 Å². The average molecular weight is 244 g/mol. The Labute approximate surface area is 103 Å². The molecule has 17 heavy (non-hydrogen) atoms. The smallest absolute Gasteiger partial charge is 0.252 e. The second kappa shape index (κ2) is 7.63. The minimum absolute atomic E-state index is 0.0838. The molecule has 1 heterocycles. The first-order valence-corrected chi connectivity index (χ1v) is 6.30. The summed E-state index contributed by atoms with van der Waals surface area (Å²) in [5.41, 5.74) is 5.49. The van der Waals surface area contributed by atoms with Crippen LogP contribution in [0.3, 0.4) is 0 Å². The number of ether oxygens (including phenoxy) is 2. The third-order valence-corrected chi connectivity index (χ3v) is 3.14. The van der Waals surface area contributed by atoms with E-state index >= 15 is 0 Å². The average Bonchev–Trinajstić information content (AvgIpc) is 2.75. The van der Waals surface area contributed by atoms with E-state index in [0.29, 0.717) is 38.8 Å². The minimum atomic E-state index is -0.273. The molecule has 0 bridgehead atoms. The monoisotopic (exact) mass is 244 g/mol. The third-order valence-electron chi connectivity index (χ3n) is 3.14. The van der Waals surface area contributed by atoms with Gasteiger partial charge in [-0.2, -0.15) is 0 Å². The topological polar surface area (TPSA) is 64.8 Å². The van der Waals surface area contributed by atoms with Crippen molar-refractivity contribution < 1.29 is 14.3 Å². The van der Waals surface area contributed by atoms with E-state index in [1.165, 1.54) is 0 Å². The van der Waals surface area contributed by atoms with Gasteiger partial charge in [0.05, 0.1) is 6.61 Å². The molecule has 1 aliphatic rings. The van der Waals surface area contributed by atoms with Crippen molar-refractivity contribution in [3.8, 4) is 0 Å². The van der Waals surface area contributed by atoms with Gasteiger partial charge in [0.2, 0.25) is 0 Å². The predicted octanol–water partition coefficient (Wildman–Crippen LogP) is 0.235. The molecule has 2 N–H and O–H groups in total. The molecule has 1 rings (SSSR count). The lowest BCUT2D eigenvalue weighted by atomic mass is 10.0. The zero-order valence-electron chi connectivity index (χ0n) is 10.9. The minimum Gasteiger partial charge on any atom is -0.383 e. The summed E-state index contributed by atoms with van der Waals surface area (Å²) in [4.78, 5) is 14.1. The molecule has 1 aliphatic heterocycles. The Morgan fingerprint density at radius 3 is 2.82 bits per heavy atom. The molecular weight excluding hydrogens is 220 g/mol. The highest BCUT2D eigenvalue weighted by atomic mass is 16.5. The molecule has 0 aromatic heterocycles. The molecule has 2 atom stereocenters. The highest BCUT2D eigenvalue weighted by molar-refractivity contribution is 5.81. The maximum absolute atomic E-state index is 12.3. The highest BCUT2D eigenvalue weighted by Gasteiger charge is 2.33. The van der Waals surface area contributed by atoms with E-state index < -0.39 is 0 Å². The number of rotatable bonds is 7. The largest absolute Gasteiger partial charge is 0.383 e. The Bertz CT molecular complexity index is 228. The van der Waals surface area contributed by atoms with Crippen LogP contribution in [0, 0.1) is 5.92 Å². The van der Waals surface area contributed by atoms with Crippen LogP contribution < -0.4 is 5.73 Å². The lowest BCUT2D eigenvalue weighted by molar-refractivity contribution is -0.143. The molecular formula is C12H24N2O3.